The Morgan fingerprint density at radius 1 is 1.47 bits per heavy atom. The summed E-state index contributed by atoms with van der Waals surface area (Å²) in [4.78, 5) is 10.5. The van der Waals surface area contributed by atoms with Crippen molar-refractivity contribution in [2.24, 2.45) is 0 Å². The van der Waals surface area contributed by atoms with E-state index in [-0.39, 0.29) is 5.02 Å². The van der Waals surface area contributed by atoms with Crippen molar-refractivity contribution in [3.63, 3.8) is 0 Å². The van der Waals surface area contributed by atoms with Crippen molar-refractivity contribution in [2.75, 3.05) is 0 Å². The molecule has 3 nitrogen and oxygen atoms in total. The zero-order valence-corrected chi connectivity index (χ0v) is 7.76. The van der Waals surface area contributed by atoms with E-state index >= 15 is 0 Å². The Kier molecular flexibility index (Phi) is 3.41. The van der Waals surface area contributed by atoms with Crippen LogP contribution >= 0.6 is 11.6 Å². The molecule has 0 heterocycles. The summed E-state index contributed by atoms with van der Waals surface area (Å²) in [5, 5.41) is 8.18. The fourth-order valence-electron chi connectivity index (χ4n) is 0.879. The third-order valence-corrected chi connectivity index (χ3v) is 1.78. The Morgan fingerprint density at radius 2 is 2.07 bits per heavy atom. The number of carbonyl (C=O) groups is 1. The Hall–Kier alpha value is -1.43. The van der Waals surface area contributed by atoms with Gasteiger partial charge in [0.15, 0.2) is 11.6 Å². The molecule has 7 heteroatoms. The van der Waals surface area contributed by atoms with E-state index in [4.69, 9.17) is 16.7 Å². The number of benzene rings is 1. The van der Waals surface area contributed by atoms with E-state index in [0.29, 0.717) is 12.1 Å². The van der Waals surface area contributed by atoms with Gasteiger partial charge in [0.1, 0.15) is 0 Å². The van der Waals surface area contributed by atoms with Crippen molar-refractivity contribution in [3.05, 3.63) is 28.5 Å². The lowest BCUT2D eigenvalue weighted by molar-refractivity contribution is -0.0522. The van der Waals surface area contributed by atoms with Crippen molar-refractivity contribution in [3.8, 4) is 5.75 Å². The number of halogens is 4. The standard InChI is InChI=1S/C8H4ClF3O3/c9-4-2-5(10)6(15-8(11)12)1-3(4)7(13)14/h1-2,8H,(H,13,14). The van der Waals surface area contributed by atoms with Crippen LogP contribution < -0.4 is 4.74 Å². The summed E-state index contributed by atoms with van der Waals surface area (Å²) in [5.74, 6) is -3.46. The molecule has 1 aromatic rings. The van der Waals surface area contributed by atoms with E-state index in [0.717, 1.165) is 0 Å². The molecule has 0 aromatic heterocycles. The number of aromatic carboxylic acids is 1. The second kappa shape index (κ2) is 4.39. The number of carboxylic acid groups (broad SMARTS) is 1. The Bertz CT molecular complexity index is 395. The van der Waals surface area contributed by atoms with Gasteiger partial charge in [0.25, 0.3) is 0 Å². The molecule has 0 atom stereocenters. The maximum absolute atomic E-state index is 12.9. The van der Waals surface area contributed by atoms with Crippen molar-refractivity contribution in [2.45, 2.75) is 6.61 Å². The second-order valence-corrected chi connectivity index (χ2v) is 2.85. The van der Waals surface area contributed by atoms with Gasteiger partial charge >= 0.3 is 12.6 Å². The van der Waals surface area contributed by atoms with Crippen molar-refractivity contribution in [1.29, 1.82) is 0 Å². The molecule has 0 saturated carbocycles. The van der Waals surface area contributed by atoms with Crippen LogP contribution in [0.25, 0.3) is 0 Å². The van der Waals surface area contributed by atoms with E-state index in [2.05, 4.69) is 4.74 Å². The number of rotatable bonds is 3. The number of ether oxygens (including phenoxy) is 1. The minimum atomic E-state index is -3.23. The Labute approximate surface area is 87.0 Å². The topological polar surface area (TPSA) is 46.5 Å². The average molecular weight is 241 g/mol. The molecule has 0 radical (unpaired) electrons. The quantitative estimate of drug-likeness (QED) is 0.884. The van der Waals surface area contributed by atoms with Crippen LogP contribution in [0.3, 0.4) is 0 Å². The Balaban J connectivity index is 3.17. The van der Waals surface area contributed by atoms with E-state index in [1.807, 2.05) is 0 Å². The highest BCUT2D eigenvalue weighted by Crippen LogP contribution is 2.27. The Morgan fingerprint density at radius 3 is 2.53 bits per heavy atom. The molecule has 1 N–H and O–H groups in total. The van der Waals surface area contributed by atoms with E-state index in [1.165, 1.54) is 0 Å². The van der Waals surface area contributed by atoms with Gasteiger partial charge in [-0.05, 0) is 12.1 Å². The maximum atomic E-state index is 12.9. The van der Waals surface area contributed by atoms with Gasteiger partial charge in [0.2, 0.25) is 0 Å². The SMILES string of the molecule is O=C(O)c1cc(OC(F)F)c(F)cc1Cl. The lowest BCUT2D eigenvalue weighted by atomic mass is 10.2. The fraction of sp³-hybridized carbons (Fsp3) is 0.125. The predicted octanol–water partition coefficient (Wildman–Crippen LogP) is 2.78. The van der Waals surface area contributed by atoms with Crippen LogP contribution in [0, 0.1) is 5.82 Å². The van der Waals surface area contributed by atoms with Gasteiger partial charge in [-0.1, -0.05) is 11.6 Å². The normalized spacial score (nSPS) is 10.5. The zero-order chi connectivity index (χ0) is 11.6. The summed E-state index contributed by atoms with van der Waals surface area (Å²) < 4.78 is 40.2. The summed E-state index contributed by atoms with van der Waals surface area (Å²) in [6.07, 6.45) is 0. The number of hydrogen-bond acceptors (Lipinski definition) is 2. The summed E-state index contributed by atoms with van der Waals surface area (Å²) in [5.41, 5.74) is -0.506. The van der Waals surface area contributed by atoms with Crippen LogP contribution in [0.5, 0.6) is 5.75 Å². The first-order valence-electron chi connectivity index (χ1n) is 3.59. The largest absolute Gasteiger partial charge is 0.478 e. The molecule has 0 unspecified atom stereocenters. The molecule has 0 saturated heterocycles. The van der Waals surface area contributed by atoms with Gasteiger partial charge in [-0.25, -0.2) is 9.18 Å². The zero-order valence-electron chi connectivity index (χ0n) is 7.01. The van der Waals surface area contributed by atoms with Gasteiger partial charge in [-0.15, -0.1) is 0 Å². The van der Waals surface area contributed by atoms with E-state index in [1.54, 1.807) is 0 Å². The summed E-state index contributed by atoms with van der Waals surface area (Å²) >= 11 is 5.37. The number of hydrogen-bond donors (Lipinski definition) is 1. The van der Waals surface area contributed by atoms with Crippen LogP contribution in [0.1, 0.15) is 10.4 Å². The monoisotopic (exact) mass is 240 g/mol. The van der Waals surface area contributed by atoms with Gasteiger partial charge in [0, 0.05) is 0 Å². The molecule has 0 aliphatic carbocycles. The molecule has 0 amide bonds. The van der Waals surface area contributed by atoms with Crippen LogP contribution in [0.4, 0.5) is 13.2 Å². The summed E-state index contributed by atoms with van der Waals surface area (Å²) in [6.45, 7) is -3.23. The molecule has 0 aliphatic rings. The molecule has 1 aromatic carbocycles. The molecule has 0 spiro atoms. The number of alkyl halides is 2. The first-order chi connectivity index (χ1) is 6.91. The molecule has 0 aliphatic heterocycles. The minimum absolute atomic E-state index is 0.387. The lowest BCUT2D eigenvalue weighted by Gasteiger charge is -2.07. The van der Waals surface area contributed by atoms with Gasteiger partial charge < -0.3 is 9.84 Å². The third kappa shape index (κ3) is 2.76. The third-order valence-electron chi connectivity index (χ3n) is 1.47. The van der Waals surface area contributed by atoms with Gasteiger partial charge in [-0.2, -0.15) is 8.78 Å². The summed E-state index contributed by atoms with van der Waals surface area (Å²) in [6, 6.07) is 1.20. The smallest absolute Gasteiger partial charge is 0.387 e. The molecular formula is C8H4ClF3O3. The molecular weight excluding hydrogens is 237 g/mol. The predicted molar refractivity (Wildman–Crippen MR) is 45.0 cm³/mol. The van der Waals surface area contributed by atoms with Crippen molar-refractivity contribution >= 4 is 17.6 Å². The van der Waals surface area contributed by atoms with E-state index < -0.39 is 29.7 Å². The summed E-state index contributed by atoms with van der Waals surface area (Å²) in [7, 11) is 0. The highest BCUT2D eigenvalue weighted by atomic mass is 35.5. The van der Waals surface area contributed by atoms with Crippen molar-refractivity contribution in [1.82, 2.24) is 0 Å². The van der Waals surface area contributed by atoms with Crippen LogP contribution in [0.15, 0.2) is 12.1 Å². The van der Waals surface area contributed by atoms with Crippen LogP contribution in [0.2, 0.25) is 5.02 Å². The highest BCUT2D eigenvalue weighted by molar-refractivity contribution is 6.33. The minimum Gasteiger partial charge on any atom is -0.478 e. The first kappa shape index (κ1) is 11.6. The molecule has 0 fully saturated rings. The lowest BCUT2D eigenvalue weighted by Crippen LogP contribution is -2.06. The van der Waals surface area contributed by atoms with Crippen molar-refractivity contribution < 1.29 is 27.8 Å². The molecule has 15 heavy (non-hydrogen) atoms. The number of carboxylic acids is 1. The first-order valence-corrected chi connectivity index (χ1v) is 3.96. The van der Waals surface area contributed by atoms with Crippen LogP contribution in [-0.4, -0.2) is 17.7 Å². The average Bonchev–Trinajstić information content (AvgIpc) is 2.08. The second-order valence-electron chi connectivity index (χ2n) is 2.45. The molecule has 82 valence electrons. The molecule has 0 bridgehead atoms. The van der Waals surface area contributed by atoms with Gasteiger partial charge in [0.05, 0.1) is 10.6 Å². The maximum Gasteiger partial charge on any atom is 0.387 e. The molecule has 1 rings (SSSR count). The van der Waals surface area contributed by atoms with Gasteiger partial charge in [-0.3, -0.25) is 0 Å². The van der Waals surface area contributed by atoms with E-state index in [9.17, 15) is 18.0 Å². The van der Waals surface area contributed by atoms with Crippen LogP contribution in [-0.2, 0) is 0 Å². The fourth-order valence-corrected chi connectivity index (χ4v) is 1.11. The highest BCUT2D eigenvalue weighted by Gasteiger charge is 2.17.